The number of hydrogen-bond acceptors (Lipinski definition) is 2. The Kier molecular flexibility index (Phi) is 3.95. The van der Waals surface area contributed by atoms with Crippen LogP contribution in [0.3, 0.4) is 0 Å². The second-order valence-electron chi connectivity index (χ2n) is 2.67. The van der Waals surface area contributed by atoms with Crippen molar-refractivity contribution >= 4 is 28.4 Å². The molecule has 0 saturated heterocycles. The Labute approximate surface area is 97.6 Å². The molecule has 2 nitrogen and oxygen atoms in total. The summed E-state index contributed by atoms with van der Waals surface area (Å²) >= 11 is 1.66. The molecule has 1 aromatic rings. The topological polar surface area (TPSA) is 26.3 Å². The highest BCUT2D eigenvalue weighted by Gasteiger charge is 2.19. The maximum Gasteiger partial charge on any atom is 0.387 e. The third-order valence-corrected chi connectivity index (χ3v) is 2.46. The summed E-state index contributed by atoms with van der Waals surface area (Å²) in [4.78, 5) is 11.1. The van der Waals surface area contributed by atoms with E-state index in [9.17, 15) is 18.0 Å². The lowest BCUT2D eigenvalue weighted by Gasteiger charge is -2.10. The average Bonchev–Trinajstić information content (AvgIpc) is 2.10. The Morgan fingerprint density at radius 1 is 1.47 bits per heavy atom. The summed E-state index contributed by atoms with van der Waals surface area (Å²) in [5, 5.41) is 0. The monoisotopic (exact) mass is 330 g/mol. The molecule has 15 heavy (non-hydrogen) atoms. The lowest BCUT2D eigenvalue weighted by atomic mass is 10.1. The highest BCUT2D eigenvalue weighted by atomic mass is 127. The van der Waals surface area contributed by atoms with Gasteiger partial charge in [0.15, 0.2) is 11.6 Å². The predicted molar refractivity (Wildman–Crippen MR) is 55.8 cm³/mol. The van der Waals surface area contributed by atoms with E-state index in [1.165, 1.54) is 6.07 Å². The smallest absolute Gasteiger partial charge is 0.387 e. The van der Waals surface area contributed by atoms with Gasteiger partial charge in [-0.15, -0.1) is 0 Å². The first-order valence-electron chi connectivity index (χ1n) is 3.87. The summed E-state index contributed by atoms with van der Waals surface area (Å²) in [5.41, 5.74) is -0.442. The van der Waals surface area contributed by atoms with Gasteiger partial charge >= 0.3 is 6.61 Å². The Balaban J connectivity index is 3.27. The Morgan fingerprint density at radius 3 is 2.53 bits per heavy atom. The second-order valence-corrected chi connectivity index (χ2v) is 3.83. The summed E-state index contributed by atoms with van der Waals surface area (Å²) in [6.45, 7) is -1.99. The van der Waals surface area contributed by atoms with Gasteiger partial charge in [0.25, 0.3) is 0 Å². The minimum atomic E-state index is -3.08. The van der Waals surface area contributed by atoms with E-state index in [1.807, 2.05) is 0 Å². The molecule has 1 rings (SSSR count). The van der Waals surface area contributed by atoms with Crippen LogP contribution in [0.4, 0.5) is 13.2 Å². The molecular formula is C9H6F3IO2. The van der Waals surface area contributed by atoms with Gasteiger partial charge in [0, 0.05) is 3.57 Å². The molecule has 1 aromatic carbocycles. The SMILES string of the molecule is CC(=O)c1c(OC(F)F)ccc(I)c1F. The van der Waals surface area contributed by atoms with Gasteiger partial charge in [-0.2, -0.15) is 8.78 Å². The second kappa shape index (κ2) is 4.82. The zero-order valence-corrected chi connectivity index (χ0v) is 9.72. The van der Waals surface area contributed by atoms with Crippen LogP contribution in [0.5, 0.6) is 5.75 Å². The largest absolute Gasteiger partial charge is 0.434 e. The maximum absolute atomic E-state index is 13.4. The van der Waals surface area contributed by atoms with Gasteiger partial charge in [0.1, 0.15) is 5.75 Å². The van der Waals surface area contributed by atoms with Crippen LogP contribution in [-0.4, -0.2) is 12.4 Å². The van der Waals surface area contributed by atoms with Crippen LogP contribution in [0.25, 0.3) is 0 Å². The van der Waals surface area contributed by atoms with Gasteiger partial charge < -0.3 is 4.74 Å². The summed E-state index contributed by atoms with van der Waals surface area (Å²) < 4.78 is 41.5. The van der Waals surface area contributed by atoms with Gasteiger partial charge in [0.2, 0.25) is 0 Å². The Hall–Kier alpha value is -0.790. The molecule has 0 atom stereocenters. The van der Waals surface area contributed by atoms with Crippen molar-refractivity contribution in [1.82, 2.24) is 0 Å². The van der Waals surface area contributed by atoms with Crippen LogP contribution in [0, 0.1) is 9.39 Å². The van der Waals surface area contributed by atoms with Gasteiger partial charge in [-0.05, 0) is 41.6 Å². The highest BCUT2D eigenvalue weighted by molar-refractivity contribution is 14.1. The average molecular weight is 330 g/mol. The van der Waals surface area contributed by atoms with Crippen LogP contribution in [0.2, 0.25) is 0 Å². The van der Waals surface area contributed by atoms with Crippen LogP contribution in [-0.2, 0) is 0 Å². The highest BCUT2D eigenvalue weighted by Crippen LogP contribution is 2.27. The molecule has 0 aromatic heterocycles. The third-order valence-electron chi connectivity index (χ3n) is 1.62. The van der Waals surface area contributed by atoms with E-state index >= 15 is 0 Å². The van der Waals surface area contributed by atoms with Crippen molar-refractivity contribution in [2.75, 3.05) is 0 Å². The number of rotatable bonds is 3. The molecule has 0 bridgehead atoms. The first-order chi connectivity index (χ1) is 6.93. The minimum absolute atomic E-state index is 0.180. The number of Topliss-reactive ketones (excluding diaryl/α,β-unsaturated/α-hetero) is 1. The summed E-state index contributed by atoms with van der Waals surface area (Å²) in [7, 11) is 0. The lowest BCUT2D eigenvalue weighted by Crippen LogP contribution is -2.09. The van der Waals surface area contributed by atoms with Crippen LogP contribution in [0.15, 0.2) is 12.1 Å². The molecular weight excluding hydrogens is 324 g/mol. The first kappa shape index (κ1) is 12.3. The molecule has 0 heterocycles. The fourth-order valence-corrected chi connectivity index (χ4v) is 1.50. The Morgan fingerprint density at radius 2 is 2.07 bits per heavy atom. The number of carbonyl (C=O) groups excluding carboxylic acids is 1. The van der Waals surface area contributed by atoms with Gasteiger partial charge in [-0.3, -0.25) is 4.79 Å². The minimum Gasteiger partial charge on any atom is -0.434 e. The number of carbonyl (C=O) groups is 1. The normalized spacial score (nSPS) is 10.5. The fraction of sp³-hybridized carbons (Fsp3) is 0.222. The van der Waals surface area contributed by atoms with Crippen LogP contribution in [0.1, 0.15) is 17.3 Å². The molecule has 0 N–H and O–H groups in total. The number of alkyl halides is 2. The van der Waals surface area contributed by atoms with Crippen molar-refractivity contribution in [2.45, 2.75) is 13.5 Å². The van der Waals surface area contributed by atoms with Crippen molar-refractivity contribution < 1.29 is 22.7 Å². The van der Waals surface area contributed by atoms with E-state index < -0.39 is 29.5 Å². The maximum atomic E-state index is 13.4. The zero-order valence-electron chi connectivity index (χ0n) is 7.56. The summed E-state index contributed by atoms with van der Waals surface area (Å²) in [6, 6.07) is 2.41. The van der Waals surface area contributed by atoms with E-state index in [-0.39, 0.29) is 3.57 Å². The number of hydrogen-bond donors (Lipinski definition) is 0. The van der Waals surface area contributed by atoms with E-state index in [0.717, 1.165) is 13.0 Å². The quantitative estimate of drug-likeness (QED) is 0.628. The summed E-state index contributed by atoms with van der Waals surface area (Å²) in [5.74, 6) is -1.92. The predicted octanol–water partition coefficient (Wildman–Crippen LogP) is 3.23. The molecule has 82 valence electrons. The molecule has 0 radical (unpaired) electrons. The third kappa shape index (κ3) is 2.83. The van der Waals surface area contributed by atoms with Crippen molar-refractivity contribution in [2.24, 2.45) is 0 Å². The van der Waals surface area contributed by atoms with Crippen molar-refractivity contribution in [1.29, 1.82) is 0 Å². The molecule has 0 spiro atoms. The van der Waals surface area contributed by atoms with Crippen molar-refractivity contribution in [3.8, 4) is 5.75 Å². The molecule has 0 unspecified atom stereocenters. The van der Waals surface area contributed by atoms with Crippen LogP contribution < -0.4 is 4.74 Å². The molecule has 0 fully saturated rings. The molecule has 0 aliphatic heterocycles. The van der Waals surface area contributed by atoms with Crippen molar-refractivity contribution in [3.63, 3.8) is 0 Å². The van der Waals surface area contributed by atoms with Gasteiger partial charge in [-0.1, -0.05) is 0 Å². The fourth-order valence-electron chi connectivity index (χ4n) is 1.06. The van der Waals surface area contributed by atoms with Gasteiger partial charge in [-0.25, -0.2) is 4.39 Å². The number of ketones is 1. The lowest BCUT2D eigenvalue weighted by molar-refractivity contribution is -0.0503. The van der Waals surface area contributed by atoms with Crippen molar-refractivity contribution in [3.05, 3.63) is 27.1 Å². The number of benzene rings is 1. The van der Waals surface area contributed by atoms with Gasteiger partial charge in [0.05, 0.1) is 5.56 Å². The van der Waals surface area contributed by atoms with Crippen LogP contribution >= 0.6 is 22.6 Å². The van der Waals surface area contributed by atoms with E-state index in [0.29, 0.717) is 0 Å². The number of halogens is 4. The zero-order chi connectivity index (χ0) is 11.6. The number of ether oxygens (including phenoxy) is 1. The molecule has 0 saturated carbocycles. The first-order valence-corrected chi connectivity index (χ1v) is 4.95. The Bertz CT molecular complexity index is 393. The van der Waals surface area contributed by atoms with E-state index in [2.05, 4.69) is 4.74 Å². The molecule has 6 heteroatoms. The molecule has 0 aliphatic rings. The molecule has 0 amide bonds. The molecule has 0 aliphatic carbocycles. The van der Waals surface area contributed by atoms with E-state index in [4.69, 9.17) is 0 Å². The van der Waals surface area contributed by atoms with E-state index in [1.54, 1.807) is 22.6 Å². The summed E-state index contributed by atoms with van der Waals surface area (Å²) in [6.07, 6.45) is 0. The standard InChI is InChI=1S/C9H6F3IO2/c1-4(14)7-6(15-9(11)12)3-2-5(13)8(7)10/h2-3,9H,1H3.